The summed E-state index contributed by atoms with van der Waals surface area (Å²) in [5, 5.41) is 11.8. The number of rotatable bonds is 2. The molecule has 0 aliphatic carbocycles. The van der Waals surface area contributed by atoms with Crippen molar-refractivity contribution in [2.24, 2.45) is 5.84 Å². The Morgan fingerprint density at radius 3 is 2.55 bits per heavy atom. The molecule has 0 radical (unpaired) electrons. The monoisotopic (exact) mass is 155 g/mol. The largest absolute Gasteiger partial charge is 0.289 e. The molecule has 5 heteroatoms. The molecule has 62 valence electrons. The van der Waals surface area contributed by atoms with Gasteiger partial charge in [-0.05, 0) is 20.8 Å². The predicted molar refractivity (Wildman–Crippen MR) is 42.9 cm³/mol. The number of aromatic amines is 1. The molecule has 0 fully saturated rings. The fraction of sp³-hybridized carbons (Fsp3) is 0.667. The summed E-state index contributed by atoms with van der Waals surface area (Å²) in [6.45, 7) is 5.87. The molecule has 0 amide bonds. The summed E-state index contributed by atoms with van der Waals surface area (Å²) in [5.41, 5.74) is 0.890. The van der Waals surface area contributed by atoms with E-state index in [0.29, 0.717) is 5.82 Å². The molecule has 5 nitrogen and oxygen atoms in total. The highest BCUT2D eigenvalue weighted by molar-refractivity contribution is 5.39. The molecular weight excluding hydrogens is 142 g/mol. The molecule has 0 aliphatic heterocycles. The first-order chi connectivity index (χ1) is 5.13. The first-order valence-electron chi connectivity index (χ1n) is 3.54. The van der Waals surface area contributed by atoms with E-state index >= 15 is 0 Å². The van der Waals surface area contributed by atoms with Crippen LogP contribution in [0.25, 0.3) is 0 Å². The number of hydrogen-bond acceptors (Lipinski definition) is 4. The number of nitrogens with two attached hydrogens (primary N) is 1. The van der Waals surface area contributed by atoms with Gasteiger partial charge in [-0.1, -0.05) is 5.21 Å². The van der Waals surface area contributed by atoms with E-state index in [0.717, 1.165) is 5.69 Å². The Hall–Kier alpha value is -1.10. The molecule has 0 bridgehead atoms. The van der Waals surface area contributed by atoms with Crippen LogP contribution in [0.5, 0.6) is 0 Å². The second-order valence-corrected chi connectivity index (χ2v) is 2.76. The van der Waals surface area contributed by atoms with Crippen LogP contribution in [0, 0.1) is 6.92 Å². The van der Waals surface area contributed by atoms with Crippen molar-refractivity contribution in [3.05, 3.63) is 5.69 Å². The third-order valence-electron chi connectivity index (χ3n) is 1.50. The van der Waals surface area contributed by atoms with Crippen LogP contribution in [0.1, 0.15) is 19.5 Å². The predicted octanol–water partition coefficient (Wildman–Crippen LogP) is 0.202. The van der Waals surface area contributed by atoms with E-state index in [4.69, 9.17) is 5.84 Å². The molecule has 1 aromatic rings. The average Bonchev–Trinajstić information content (AvgIpc) is 2.33. The fourth-order valence-electron chi connectivity index (χ4n) is 0.762. The van der Waals surface area contributed by atoms with Crippen LogP contribution in [0.15, 0.2) is 0 Å². The van der Waals surface area contributed by atoms with E-state index in [2.05, 4.69) is 15.4 Å². The third kappa shape index (κ3) is 1.48. The third-order valence-corrected chi connectivity index (χ3v) is 1.50. The molecule has 11 heavy (non-hydrogen) atoms. The van der Waals surface area contributed by atoms with Gasteiger partial charge in [0.25, 0.3) is 0 Å². The summed E-state index contributed by atoms with van der Waals surface area (Å²) in [6.07, 6.45) is 0. The minimum Gasteiger partial charge on any atom is -0.289 e. The number of H-pyrrole nitrogens is 1. The van der Waals surface area contributed by atoms with Crippen LogP contribution < -0.4 is 10.9 Å². The second kappa shape index (κ2) is 2.87. The minimum atomic E-state index is 0.235. The number of nitrogens with zero attached hydrogens (tertiary/aromatic N) is 3. The Morgan fingerprint density at radius 2 is 2.18 bits per heavy atom. The van der Waals surface area contributed by atoms with Crippen molar-refractivity contribution in [1.82, 2.24) is 15.4 Å². The Balaban J connectivity index is 2.84. The van der Waals surface area contributed by atoms with E-state index < -0.39 is 0 Å². The lowest BCUT2D eigenvalue weighted by molar-refractivity contribution is 0.696. The van der Waals surface area contributed by atoms with Crippen molar-refractivity contribution >= 4 is 5.82 Å². The van der Waals surface area contributed by atoms with Gasteiger partial charge in [0.1, 0.15) is 0 Å². The van der Waals surface area contributed by atoms with Crippen molar-refractivity contribution in [1.29, 1.82) is 0 Å². The van der Waals surface area contributed by atoms with Gasteiger partial charge in [-0.2, -0.15) is 0 Å². The summed E-state index contributed by atoms with van der Waals surface area (Å²) in [4.78, 5) is 0. The van der Waals surface area contributed by atoms with E-state index in [1.807, 2.05) is 20.8 Å². The topological polar surface area (TPSA) is 70.8 Å². The van der Waals surface area contributed by atoms with Crippen molar-refractivity contribution in [2.75, 3.05) is 5.01 Å². The normalized spacial score (nSPS) is 10.6. The highest BCUT2D eigenvalue weighted by Gasteiger charge is 2.11. The van der Waals surface area contributed by atoms with E-state index in [1.54, 1.807) is 5.01 Å². The number of hydrogen-bond donors (Lipinski definition) is 2. The van der Waals surface area contributed by atoms with Crippen LogP contribution in [-0.4, -0.2) is 21.5 Å². The van der Waals surface area contributed by atoms with Crippen molar-refractivity contribution in [3.63, 3.8) is 0 Å². The second-order valence-electron chi connectivity index (χ2n) is 2.76. The standard InChI is InChI=1S/C6H13N5/c1-4(2)11(7)6-5(3)8-10-9-6/h4H,7H2,1-3H3,(H,8,9,10). The molecule has 1 heterocycles. The van der Waals surface area contributed by atoms with Crippen LogP contribution in [0.2, 0.25) is 0 Å². The average molecular weight is 155 g/mol. The van der Waals surface area contributed by atoms with Gasteiger partial charge >= 0.3 is 0 Å². The van der Waals surface area contributed by atoms with Gasteiger partial charge in [0.15, 0.2) is 5.82 Å². The van der Waals surface area contributed by atoms with Crippen molar-refractivity contribution < 1.29 is 0 Å². The van der Waals surface area contributed by atoms with E-state index in [-0.39, 0.29) is 6.04 Å². The smallest absolute Gasteiger partial charge is 0.188 e. The van der Waals surface area contributed by atoms with E-state index in [1.165, 1.54) is 0 Å². The summed E-state index contributed by atoms with van der Waals surface area (Å²) < 4.78 is 0. The summed E-state index contributed by atoms with van der Waals surface area (Å²) >= 11 is 0. The maximum atomic E-state index is 5.69. The molecule has 0 unspecified atom stereocenters. The molecule has 0 spiro atoms. The van der Waals surface area contributed by atoms with Crippen molar-refractivity contribution in [3.8, 4) is 0 Å². The summed E-state index contributed by atoms with van der Waals surface area (Å²) in [6, 6.07) is 0.235. The van der Waals surface area contributed by atoms with Gasteiger partial charge in [-0.25, -0.2) is 5.84 Å². The van der Waals surface area contributed by atoms with Crippen LogP contribution in [0.3, 0.4) is 0 Å². The van der Waals surface area contributed by atoms with Crippen molar-refractivity contribution in [2.45, 2.75) is 26.8 Å². The number of hydrazine groups is 1. The molecule has 0 aliphatic rings. The molecule has 1 aromatic heterocycles. The Bertz CT molecular complexity index is 229. The number of aryl methyl sites for hydroxylation is 1. The molecular formula is C6H13N5. The van der Waals surface area contributed by atoms with E-state index in [9.17, 15) is 0 Å². The number of nitrogens with one attached hydrogen (secondary N) is 1. The SMILES string of the molecule is Cc1[nH]nnc1N(N)C(C)C. The molecule has 3 N–H and O–H groups in total. The zero-order chi connectivity index (χ0) is 8.43. The first-order valence-corrected chi connectivity index (χ1v) is 3.54. The molecule has 1 rings (SSSR count). The van der Waals surface area contributed by atoms with Gasteiger partial charge in [-0.15, -0.1) is 5.10 Å². The van der Waals surface area contributed by atoms with Gasteiger partial charge in [-0.3, -0.25) is 10.1 Å². The Labute approximate surface area is 65.5 Å². The molecule has 0 saturated carbocycles. The molecule has 0 aromatic carbocycles. The van der Waals surface area contributed by atoms with Gasteiger partial charge in [0.05, 0.1) is 5.69 Å². The lowest BCUT2D eigenvalue weighted by atomic mass is 10.3. The summed E-state index contributed by atoms with van der Waals surface area (Å²) in [7, 11) is 0. The van der Waals surface area contributed by atoms with Crippen LogP contribution in [0.4, 0.5) is 5.82 Å². The van der Waals surface area contributed by atoms with Gasteiger partial charge in [0, 0.05) is 6.04 Å². The zero-order valence-corrected chi connectivity index (χ0v) is 7.00. The minimum absolute atomic E-state index is 0.235. The van der Waals surface area contributed by atoms with Gasteiger partial charge < -0.3 is 0 Å². The Kier molecular flexibility index (Phi) is 2.09. The highest BCUT2D eigenvalue weighted by Crippen LogP contribution is 2.11. The quantitative estimate of drug-likeness (QED) is 0.473. The molecule has 0 saturated heterocycles. The Morgan fingerprint density at radius 1 is 1.55 bits per heavy atom. The summed E-state index contributed by atoms with van der Waals surface area (Å²) in [5.74, 6) is 6.40. The maximum Gasteiger partial charge on any atom is 0.188 e. The maximum absolute atomic E-state index is 5.69. The highest BCUT2D eigenvalue weighted by atomic mass is 15.5. The van der Waals surface area contributed by atoms with Crippen LogP contribution in [-0.2, 0) is 0 Å². The van der Waals surface area contributed by atoms with Crippen LogP contribution >= 0.6 is 0 Å². The molecule has 0 atom stereocenters. The number of anilines is 1. The lowest BCUT2D eigenvalue weighted by Gasteiger charge is -2.19. The number of aromatic nitrogens is 3. The van der Waals surface area contributed by atoms with Gasteiger partial charge in [0.2, 0.25) is 0 Å². The first kappa shape index (κ1) is 8.00. The zero-order valence-electron chi connectivity index (χ0n) is 7.00. The fourth-order valence-corrected chi connectivity index (χ4v) is 0.762. The lowest BCUT2D eigenvalue weighted by Crippen LogP contribution is -2.38.